The molecule has 2 aliphatic heterocycles. The number of hydrogen-bond acceptors (Lipinski definition) is 5. The van der Waals surface area contributed by atoms with E-state index in [-0.39, 0.29) is 30.3 Å². The first-order valence-electron chi connectivity index (χ1n) is 10.8. The Kier molecular flexibility index (Phi) is 6.13. The summed E-state index contributed by atoms with van der Waals surface area (Å²) in [6.45, 7) is 6.14. The predicted molar refractivity (Wildman–Crippen MR) is 118 cm³/mol. The minimum atomic E-state index is -0.848. The highest BCUT2D eigenvalue weighted by molar-refractivity contribution is 6.21. The van der Waals surface area contributed by atoms with Gasteiger partial charge in [-0.1, -0.05) is 42.5 Å². The lowest BCUT2D eigenvalue weighted by Gasteiger charge is -2.33. The molecule has 4 rings (SSSR count). The largest absolute Gasteiger partial charge is 0.377 e. The third-order valence-electron chi connectivity index (χ3n) is 6.03. The van der Waals surface area contributed by atoms with Crippen molar-refractivity contribution >= 4 is 17.7 Å². The summed E-state index contributed by atoms with van der Waals surface area (Å²) in [5, 5.41) is 0. The van der Waals surface area contributed by atoms with Gasteiger partial charge in [0, 0.05) is 13.5 Å². The van der Waals surface area contributed by atoms with Gasteiger partial charge in [-0.2, -0.15) is 0 Å². The van der Waals surface area contributed by atoms with Crippen molar-refractivity contribution in [1.29, 1.82) is 0 Å². The average molecular weight is 437 g/mol. The number of hydrogen-bond donors (Lipinski definition) is 0. The highest BCUT2D eigenvalue weighted by Gasteiger charge is 2.50. The summed E-state index contributed by atoms with van der Waals surface area (Å²) >= 11 is 0. The average Bonchev–Trinajstić information content (AvgIpc) is 3.16. The van der Waals surface area contributed by atoms with E-state index in [1.165, 1.54) is 11.8 Å². The molecule has 2 aliphatic rings. The second-order valence-electron chi connectivity index (χ2n) is 8.65. The third-order valence-corrected chi connectivity index (χ3v) is 6.03. The zero-order chi connectivity index (χ0) is 22.9. The molecule has 3 amide bonds. The molecule has 0 bridgehead atoms. The Morgan fingerprint density at radius 1 is 1.00 bits per heavy atom. The van der Waals surface area contributed by atoms with Gasteiger partial charge >= 0.3 is 0 Å². The van der Waals surface area contributed by atoms with Crippen molar-refractivity contribution in [3.05, 3.63) is 71.3 Å². The predicted octanol–water partition coefficient (Wildman–Crippen LogP) is 3.24. The van der Waals surface area contributed by atoms with Crippen LogP contribution in [0.2, 0.25) is 0 Å². The quantitative estimate of drug-likeness (QED) is 0.492. The van der Waals surface area contributed by atoms with E-state index in [0.717, 1.165) is 5.56 Å². The normalized spacial score (nSPS) is 21.8. The van der Waals surface area contributed by atoms with Gasteiger partial charge in [0.15, 0.2) is 0 Å². The molecule has 0 spiro atoms. The fourth-order valence-corrected chi connectivity index (χ4v) is 4.71. The summed E-state index contributed by atoms with van der Waals surface area (Å²) in [6.07, 6.45) is 0.0281. The molecule has 168 valence electrons. The van der Waals surface area contributed by atoms with Crippen LogP contribution in [0.15, 0.2) is 54.6 Å². The smallest absolute Gasteiger partial charge is 0.261 e. The maximum atomic E-state index is 12.8. The van der Waals surface area contributed by atoms with E-state index < -0.39 is 11.8 Å². The fraction of sp³-hybridized carbons (Fsp3) is 0.400. The molecule has 1 fully saturated rings. The van der Waals surface area contributed by atoms with Crippen molar-refractivity contribution in [3.63, 3.8) is 0 Å². The Morgan fingerprint density at radius 3 is 2.19 bits per heavy atom. The third kappa shape index (κ3) is 4.18. The van der Waals surface area contributed by atoms with E-state index in [9.17, 15) is 14.4 Å². The molecule has 2 aromatic rings. The van der Waals surface area contributed by atoms with Crippen molar-refractivity contribution in [2.24, 2.45) is 0 Å². The zero-order valence-electron chi connectivity index (χ0n) is 18.6. The molecule has 0 saturated carbocycles. The number of imide groups is 1. The maximum Gasteiger partial charge on any atom is 0.261 e. The van der Waals surface area contributed by atoms with Crippen LogP contribution in [0.25, 0.3) is 0 Å². The van der Waals surface area contributed by atoms with Crippen molar-refractivity contribution in [1.82, 2.24) is 9.80 Å². The minimum absolute atomic E-state index is 0.0862. The number of fused-ring (bicyclic) bond motifs is 1. The highest BCUT2D eigenvalue weighted by Crippen LogP contribution is 2.35. The molecular formula is C25H28N2O5. The Labute approximate surface area is 187 Å². The van der Waals surface area contributed by atoms with Gasteiger partial charge in [0.1, 0.15) is 5.72 Å². The van der Waals surface area contributed by atoms with Gasteiger partial charge in [0.05, 0.1) is 36.4 Å². The van der Waals surface area contributed by atoms with E-state index in [4.69, 9.17) is 9.47 Å². The van der Waals surface area contributed by atoms with Crippen molar-refractivity contribution in [2.75, 3.05) is 13.2 Å². The number of ether oxygens (including phenoxy) is 2. The molecule has 0 aromatic heterocycles. The minimum Gasteiger partial charge on any atom is -0.377 e. The van der Waals surface area contributed by atoms with Crippen molar-refractivity contribution in [3.8, 4) is 0 Å². The SMILES string of the molecule is CC(=O)N1C(CCOCc2ccccc2)C(CN2C(=O)c3ccccc3C2=O)OC1(C)C. The molecule has 2 aromatic carbocycles. The number of amides is 3. The molecule has 1 saturated heterocycles. The van der Waals surface area contributed by atoms with Crippen LogP contribution in [0.5, 0.6) is 0 Å². The van der Waals surface area contributed by atoms with Crippen LogP contribution in [0, 0.1) is 0 Å². The molecular weight excluding hydrogens is 408 g/mol. The van der Waals surface area contributed by atoms with E-state index in [2.05, 4.69) is 0 Å². The van der Waals surface area contributed by atoms with Crippen LogP contribution in [0.3, 0.4) is 0 Å². The Hall–Kier alpha value is -3.03. The molecule has 0 radical (unpaired) electrons. The van der Waals surface area contributed by atoms with E-state index in [0.29, 0.717) is 30.8 Å². The summed E-state index contributed by atoms with van der Waals surface area (Å²) in [7, 11) is 0. The van der Waals surface area contributed by atoms with Gasteiger partial charge in [0.2, 0.25) is 5.91 Å². The first-order valence-corrected chi connectivity index (χ1v) is 10.8. The zero-order valence-corrected chi connectivity index (χ0v) is 18.6. The molecule has 7 nitrogen and oxygen atoms in total. The number of carbonyl (C=O) groups is 3. The van der Waals surface area contributed by atoms with Gasteiger partial charge in [-0.05, 0) is 38.0 Å². The number of rotatable bonds is 7. The van der Waals surface area contributed by atoms with Crippen molar-refractivity contribution in [2.45, 2.75) is 51.7 Å². The van der Waals surface area contributed by atoms with Crippen LogP contribution < -0.4 is 0 Å². The number of nitrogens with zero attached hydrogens (tertiary/aromatic N) is 2. The second kappa shape index (κ2) is 8.84. The summed E-state index contributed by atoms with van der Waals surface area (Å²) in [5.74, 6) is -0.771. The lowest BCUT2D eigenvalue weighted by atomic mass is 10.1. The molecule has 0 aliphatic carbocycles. The first kappa shape index (κ1) is 22.2. The summed E-state index contributed by atoms with van der Waals surface area (Å²) in [4.78, 5) is 41.1. The number of carbonyl (C=O) groups excluding carboxylic acids is 3. The number of benzene rings is 2. The summed E-state index contributed by atoms with van der Waals surface area (Å²) < 4.78 is 12.1. The Morgan fingerprint density at radius 2 is 1.59 bits per heavy atom. The van der Waals surface area contributed by atoms with E-state index in [1.54, 1.807) is 29.2 Å². The first-order chi connectivity index (χ1) is 15.3. The molecule has 7 heteroatoms. The molecule has 2 atom stereocenters. The molecule has 2 unspecified atom stereocenters. The summed E-state index contributed by atoms with van der Waals surface area (Å²) in [5.41, 5.74) is 1.03. The van der Waals surface area contributed by atoms with Gasteiger partial charge in [0.25, 0.3) is 11.8 Å². The van der Waals surface area contributed by atoms with Crippen LogP contribution in [0.4, 0.5) is 0 Å². The van der Waals surface area contributed by atoms with Crippen LogP contribution in [-0.2, 0) is 20.9 Å². The Balaban J connectivity index is 1.47. The van der Waals surface area contributed by atoms with Crippen LogP contribution >= 0.6 is 0 Å². The van der Waals surface area contributed by atoms with E-state index >= 15 is 0 Å². The van der Waals surface area contributed by atoms with Crippen LogP contribution in [-0.4, -0.2) is 58.5 Å². The topological polar surface area (TPSA) is 76.2 Å². The lowest BCUT2D eigenvalue weighted by molar-refractivity contribution is -0.145. The standard InChI is InChI=1S/C25H28N2O5/c1-17(28)27-21(13-14-31-16-18-9-5-4-6-10-18)22(32-25(27,2)3)15-26-23(29)19-11-7-8-12-20(19)24(26)30/h4-12,21-22H,13-16H2,1-3H3. The molecule has 32 heavy (non-hydrogen) atoms. The second-order valence-corrected chi connectivity index (χ2v) is 8.65. The molecule has 0 N–H and O–H groups in total. The van der Waals surface area contributed by atoms with Crippen molar-refractivity contribution < 1.29 is 23.9 Å². The monoisotopic (exact) mass is 436 g/mol. The lowest BCUT2D eigenvalue weighted by Crippen LogP contribution is -2.49. The van der Waals surface area contributed by atoms with Crippen LogP contribution in [0.1, 0.15) is 53.5 Å². The molecule has 2 heterocycles. The van der Waals surface area contributed by atoms with Gasteiger partial charge in [-0.15, -0.1) is 0 Å². The van der Waals surface area contributed by atoms with E-state index in [1.807, 2.05) is 44.2 Å². The fourth-order valence-electron chi connectivity index (χ4n) is 4.71. The van der Waals surface area contributed by atoms with Gasteiger partial charge < -0.3 is 14.4 Å². The maximum absolute atomic E-state index is 12.8. The highest BCUT2D eigenvalue weighted by atomic mass is 16.5. The summed E-state index contributed by atoms with van der Waals surface area (Å²) in [6, 6.07) is 16.4. The van der Waals surface area contributed by atoms with Gasteiger partial charge in [-0.25, -0.2) is 0 Å². The van der Waals surface area contributed by atoms with Gasteiger partial charge in [-0.3, -0.25) is 19.3 Å². The Bertz CT molecular complexity index is 985.